The van der Waals surface area contributed by atoms with Gasteiger partial charge in [-0.3, -0.25) is 4.79 Å². The Labute approximate surface area is 128 Å². The molecule has 3 rings (SSSR count). The highest BCUT2D eigenvalue weighted by Crippen LogP contribution is 2.30. The minimum Gasteiger partial charge on any atom is -0.374 e. The van der Waals surface area contributed by atoms with Gasteiger partial charge in [-0.2, -0.15) is 0 Å². The first kappa shape index (κ1) is 14.1. The van der Waals surface area contributed by atoms with Crippen molar-refractivity contribution in [2.75, 3.05) is 13.2 Å². The summed E-state index contributed by atoms with van der Waals surface area (Å²) in [5, 5.41) is 0.489. The number of halogens is 2. The molecule has 6 heteroatoms. The fraction of sp³-hybridized carbons (Fsp3) is 0.571. The molecule has 108 valence electrons. The van der Waals surface area contributed by atoms with Crippen molar-refractivity contribution in [1.29, 1.82) is 0 Å². The Morgan fingerprint density at radius 2 is 1.95 bits per heavy atom. The van der Waals surface area contributed by atoms with Crippen LogP contribution in [0, 0.1) is 0 Å². The first-order valence-electron chi connectivity index (χ1n) is 6.91. The molecule has 1 amide bonds. The number of fused-ring (bicyclic) bond motifs is 1. The third-order valence-corrected chi connectivity index (χ3v) is 4.39. The van der Waals surface area contributed by atoms with Gasteiger partial charge in [0, 0.05) is 12.1 Å². The topological polar surface area (TPSA) is 42.4 Å². The van der Waals surface area contributed by atoms with Crippen LogP contribution in [0.4, 0.5) is 0 Å². The minimum absolute atomic E-state index is 0.0311. The molecule has 2 aliphatic rings. The average Bonchev–Trinajstić information content (AvgIpc) is 2.45. The maximum Gasteiger partial charge on any atom is 0.254 e. The molecule has 1 saturated heterocycles. The highest BCUT2D eigenvalue weighted by molar-refractivity contribution is 6.33. The molecule has 2 fully saturated rings. The zero-order valence-electron chi connectivity index (χ0n) is 11.0. The molecule has 0 aromatic carbocycles. The van der Waals surface area contributed by atoms with E-state index < -0.39 is 0 Å². The molecule has 1 aliphatic carbocycles. The second-order valence-corrected chi connectivity index (χ2v) is 6.04. The van der Waals surface area contributed by atoms with Gasteiger partial charge in [-0.05, 0) is 25.0 Å². The van der Waals surface area contributed by atoms with Gasteiger partial charge in [0.25, 0.3) is 5.91 Å². The lowest BCUT2D eigenvalue weighted by Gasteiger charge is -2.43. The highest BCUT2D eigenvalue weighted by atomic mass is 35.5. The van der Waals surface area contributed by atoms with Crippen molar-refractivity contribution >= 4 is 29.1 Å². The first-order valence-corrected chi connectivity index (χ1v) is 7.66. The maximum absolute atomic E-state index is 12.7. The molecule has 0 radical (unpaired) electrons. The van der Waals surface area contributed by atoms with Crippen molar-refractivity contribution in [2.45, 2.75) is 37.8 Å². The van der Waals surface area contributed by atoms with E-state index in [0.717, 1.165) is 19.3 Å². The number of carbonyl (C=O) groups excluding carboxylic acids is 1. The van der Waals surface area contributed by atoms with Gasteiger partial charge in [-0.1, -0.05) is 36.0 Å². The molecule has 0 N–H and O–H groups in total. The van der Waals surface area contributed by atoms with E-state index in [1.165, 1.54) is 6.42 Å². The zero-order valence-corrected chi connectivity index (χ0v) is 12.5. The zero-order chi connectivity index (χ0) is 14.1. The summed E-state index contributed by atoms with van der Waals surface area (Å²) in [6.07, 6.45) is 4.53. The summed E-state index contributed by atoms with van der Waals surface area (Å²) >= 11 is 11.8. The molecule has 1 aromatic heterocycles. The van der Waals surface area contributed by atoms with Crippen molar-refractivity contribution in [1.82, 2.24) is 9.88 Å². The van der Waals surface area contributed by atoms with E-state index in [0.29, 0.717) is 18.7 Å². The number of rotatable bonds is 1. The van der Waals surface area contributed by atoms with Gasteiger partial charge in [0.15, 0.2) is 0 Å². The molecule has 1 saturated carbocycles. The van der Waals surface area contributed by atoms with Gasteiger partial charge in [-0.25, -0.2) is 4.98 Å². The standard InChI is InChI=1S/C14H16Cl2N2O2/c15-12-7-9(8-13(16)17-12)14(19)18-5-6-20-11-4-2-1-3-10(11)18/h7-8,10-11H,1-6H2. The molecule has 0 bridgehead atoms. The average molecular weight is 315 g/mol. The van der Waals surface area contributed by atoms with E-state index in [1.807, 2.05) is 4.90 Å². The van der Waals surface area contributed by atoms with Crippen LogP contribution in [0.1, 0.15) is 36.0 Å². The molecule has 1 aromatic rings. The van der Waals surface area contributed by atoms with E-state index >= 15 is 0 Å². The van der Waals surface area contributed by atoms with Gasteiger partial charge in [-0.15, -0.1) is 0 Å². The SMILES string of the molecule is O=C(c1cc(Cl)nc(Cl)c1)N1CCOC2CCCCC21. The van der Waals surface area contributed by atoms with Crippen LogP contribution in [0.25, 0.3) is 0 Å². The number of amides is 1. The van der Waals surface area contributed by atoms with Crippen LogP contribution in [-0.4, -0.2) is 41.1 Å². The number of carbonyl (C=O) groups is 1. The van der Waals surface area contributed by atoms with Gasteiger partial charge in [0.05, 0.1) is 18.8 Å². The molecule has 4 nitrogen and oxygen atoms in total. The molecular formula is C14H16Cl2N2O2. The number of pyridine rings is 1. The summed E-state index contributed by atoms with van der Waals surface area (Å²) in [6.45, 7) is 1.22. The normalized spacial score (nSPS) is 26.2. The molecule has 2 atom stereocenters. The summed E-state index contributed by atoms with van der Waals surface area (Å²) in [5.74, 6) is -0.0311. The predicted molar refractivity (Wildman–Crippen MR) is 77.3 cm³/mol. The Balaban J connectivity index is 1.84. The maximum atomic E-state index is 12.7. The van der Waals surface area contributed by atoms with Crippen LogP contribution >= 0.6 is 23.2 Å². The van der Waals surface area contributed by atoms with Crippen molar-refractivity contribution in [3.8, 4) is 0 Å². The monoisotopic (exact) mass is 314 g/mol. The first-order chi connectivity index (χ1) is 9.65. The number of aromatic nitrogens is 1. The summed E-state index contributed by atoms with van der Waals surface area (Å²) in [7, 11) is 0. The van der Waals surface area contributed by atoms with E-state index in [-0.39, 0.29) is 28.4 Å². The number of morpholine rings is 1. The third kappa shape index (κ3) is 2.78. The van der Waals surface area contributed by atoms with Crippen LogP contribution in [0.15, 0.2) is 12.1 Å². The molecule has 0 spiro atoms. The fourth-order valence-electron chi connectivity index (χ4n) is 3.10. The number of hydrogen-bond donors (Lipinski definition) is 0. The van der Waals surface area contributed by atoms with Crippen LogP contribution in [0.3, 0.4) is 0 Å². The molecule has 2 heterocycles. The quantitative estimate of drug-likeness (QED) is 0.748. The molecule has 1 aliphatic heterocycles. The lowest BCUT2D eigenvalue weighted by molar-refractivity contribution is -0.0752. The summed E-state index contributed by atoms with van der Waals surface area (Å²) in [5.41, 5.74) is 0.501. The second-order valence-electron chi connectivity index (χ2n) is 5.26. The van der Waals surface area contributed by atoms with Crippen molar-refractivity contribution < 1.29 is 9.53 Å². The van der Waals surface area contributed by atoms with Crippen LogP contribution < -0.4 is 0 Å². The van der Waals surface area contributed by atoms with Gasteiger partial charge >= 0.3 is 0 Å². The van der Waals surface area contributed by atoms with Crippen molar-refractivity contribution in [3.63, 3.8) is 0 Å². The van der Waals surface area contributed by atoms with Gasteiger partial charge in [0.2, 0.25) is 0 Å². The van der Waals surface area contributed by atoms with Gasteiger partial charge < -0.3 is 9.64 Å². The van der Waals surface area contributed by atoms with Crippen LogP contribution in [-0.2, 0) is 4.74 Å². The lowest BCUT2D eigenvalue weighted by Crippen LogP contribution is -2.54. The van der Waals surface area contributed by atoms with E-state index in [9.17, 15) is 4.79 Å². The van der Waals surface area contributed by atoms with E-state index in [4.69, 9.17) is 27.9 Å². The number of ether oxygens (including phenoxy) is 1. The Bertz CT molecular complexity index is 502. The van der Waals surface area contributed by atoms with Crippen LogP contribution in [0.5, 0.6) is 0 Å². The Kier molecular flexibility index (Phi) is 4.15. The predicted octanol–water partition coefficient (Wildman–Crippen LogP) is 3.17. The van der Waals surface area contributed by atoms with Crippen molar-refractivity contribution in [3.05, 3.63) is 28.0 Å². The number of nitrogens with zero attached hydrogens (tertiary/aromatic N) is 2. The molecular weight excluding hydrogens is 299 g/mol. The second kappa shape index (κ2) is 5.88. The summed E-state index contributed by atoms with van der Waals surface area (Å²) < 4.78 is 5.79. The van der Waals surface area contributed by atoms with Gasteiger partial charge in [0.1, 0.15) is 10.3 Å². The Morgan fingerprint density at radius 1 is 1.25 bits per heavy atom. The Morgan fingerprint density at radius 3 is 2.70 bits per heavy atom. The van der Waals surface area contributed by atoms with Crippen LogP contribution in [0.2, 0.25) is 10.3 Å². The largest absolute Gasteiger partial charge is 0.374 e. The van der Waals surface area contributed by atoms with Crippen molar-refractivity contribution in [2.24, 2.45) is 0 Å². The summed E-state index contributed by atoms with van der Waals surface area (Å²) in [6, 6.07) is 3.32. The summed E-state index contributed by atoms with van der Waals surface area (Å²) in [4.78, 5) is 18.5. The highest BCUT2D eigenvalue weighted by Gasteiger charge is 2.37. The smallest absolute Gasteiger partial charge is 0.254 e. The fourth-order valence-corrected chi connectivity index (χ4v) is 3.56. The number of hydrogen-bond acceptors (Lipinski definition) is 3. The third-order valence-electron chi connectivity index (χ3n) is 4.00. The minimum atomic E-state index is -0.0311. The molecule has 20 heavy (non-hydrogen) atoms. The lowest BCUT2D eigenvalue weighted by atomic mass is 9.90. The Hall–Kier alpha value is -0.840. The molecule has 2 unspecified atom stereocenters. The van der Waals surface area contributed by atoms with E-state index in [2.05, 4.69) is 4.98 Å². The van der Waals surface area contributed by atoms with E-state index in [1.54, 1.807) is 12.1 Å².